The van der Waals surface area contributed by atoms with Crippen molar-refractivity contribution >= 4 is 11.6 Å². The van der Waals surface area contributed by atoms with E-state index in [1.165, 1.54) is 6.07 Å². The van der Waals surface area contributed by atoms with Gasteiger partial charge in [-0.2, -0.15) is 0 Å². The maximum Gasteiger partial charge on any atom is 0.257 e. The fourth-order valence-electron chi connectivity index (χ4n) is 2.69. The quantitative estimate of drug-likeness (QED) is 0.799. The molecule has 2 N–H and O–H groups in total. The molecule has 2 atom stereocenters. The second kappa shape index (κ2) is 5.40. The third kappa shape index (κ3) is 2.63. The molecule has 0 spiro atoms. The Labute approximate surface area is 119 Å². The summed E-state index contributed by atoms with van der Waals surface area (Å²) in [5, 5.41) is 0. The van der Waals surface area contributed by atoms with E-state index in [1.807, 2.05) is 7.05 Å². The van der Waals surface area contributed by atoms with Gasteiger partial charge in [-0.15, -0.1) is 0 Å². The van der Waals surface area contributed by atoms with E-state index >= 15 is 0 Å². The highest BCUT2D eigenvalue weighted by molar-refractivity contribution is 5.95. The SMILES string of the molecule is Cc1cc(N)cc(C(=O)N2CC(C)N(C)C(C)C2)c1F. The number of carbonyl (C=O) groups is 1. The van der Waals surface area contributed by atoms with Crippen molar-refractivity contribution in [3.8, 4) is 0 Å². The lowest BCUT2D eigenvalue weighted by atomic mass is 10.0. The molecule has 1 aromatic rings. The number of piperazine rings is 1. The Bertz CT molecular complexity index is 520. The van der Waals surface area contributed by atoms with Crippen molar-refractivity contribution in [1.82, 2.24) is 9.80 Å². The zero-order valence-electron chi connectivity index (χ0n) is 12.5. The number of halogens is 1. The zero-order valence-corrected chi connectivity index (χ0v) is 12.5. The third-order valence-corrected chi connectivity index (χ3v) is 4.15. The van der Waals surface area contributed by atoms with Gasteiger partial charge in [-0.25, -0.2) is 4.39 Å². The molecule has 1 amide bonds. The first-order valence-electron chi connectivity index (χ1n) is 6.88. The number of nitrogen functional groups attached to an aromatic ring is 1. The standard InChI is InChI=1S/C15H22FN3O/c1-9-5-12(17)6-13(14(9)16)15(20)19-7-10(2)18(4)11(3)8-19/h5-6,10-11H,7-8,17H2,1-4H3. The van der Waals surface area contributed by atoms with Gasteiger partial charge in [-0.05, 0) is 45.5 Å². The van der Waals surface area contributed by atoms with Gasteiger partial charge < -0.3 is 10.6 Å². The molecule has 1 fully saturated rings. The Morgan fingerprint density at radius 2 is 1.85 bits per heavy atom. The molecule has 2 rings (SSSR count). The first kappa shape index (κ1) is 14.8. The fourth-order valence-corrected chi connectivity index (χ4v) is 2.69. The number of likely N-dealkylation sites (N-methyl/N-ethyl adjacent to an activating group) is 1. The van der Waals surface area contributed by atoms with Crippen LogP contribution in [0.5, 0.6) is 0 Å². The number of carbonyl (C=O) groups excluding carboxylic acids is 1. The summed E-state index contributed by atoms with van der Waals surface area (Å²) in [4.78, 5) is 16.5. The first-order chi connectivity index (χ1) is 9.31. The highest BCUT2D eigenvalue weighted by atomic mass is 19.1. The van der Waals surface area contributed by atoms with Gasteiger partial charge in [0, 0.05) is 30.9 Å². The van der Waals surface area contributed by atoms with E-state index in [9.17, 15) is 9.18 Å². The number of benzene rings is 1. The largest absolute Gasteiger partial charge is 0.399 e. The summed E-state index contributed by atoms with van der Waals surface area (Å²) in [5.74, 6) is -0.742. The second-order valence-electron chi connectivity index (χ2n) is 5.77. The maximum atomic E-state index is 14.1. The summed E-state index contributed by atoms with van der Waals surface area (Å²) in [6, 6.07) is 3.49. The molecule has 20 heavy (non-hydrogen) atoms. The van der Waals surface area contributed by atoms with Gasteiger partial charge in [0.25, 0.3) is 5.91 Å². The smallest absolute Gasteiger partial charge is 0.257 e. The number of hydrogen-bond acceptors (Lipinski definition) is 3. The average Bonchev–Trinajstić information content (AvgIpc) is 2.38. The lowest BCUT2D eigenvalue weighted by molar-refractivity contribution is 0.0410. The molecule has 5 heteroatoms. The highest BCUT2D eigenvalue weighted by Gasteiger charge is 2.31. The molecule has 0 saturated carbocycles. The van der Waals surface area contributed by atoms with E-state index in [0.29, 0.717) is 24.3 Å². The molecular weight excluding hydrogens is 257 g/mol. The predicted octanol–water partition coefficient (Wildman–Crippen LogP) is 1.88. The van der Waals surface area contributed by atoms with Crippen LogP contribution in [-0.2, 0) is 0 Å². The fraction of sp³-hybridized carbons (Fsp3) is 0.533. The Morgan fingerprint density at radius 3 is 2.40 bits per heavy atom. The Kier molecular flexibility index (Phi) is 3.99. The van der Waals surface area contributed by atoms with Gasteiger partial charge in [0.2, 0.25) is 0 Å². The van der Waals surface area contributed by atoms with E-state index in [0.717, 1.165) is 0 Å². The van der Waals surface area contributed by atoms with Crippen molar-refractivity contribution < 1.29 is 9.18 Å². The van der Waals surface area contributed by atoms with E-state index in [2.05, 4.69) is 18.7 Å². The minimum Gasteiger partial charge on any atom is -0.399 e. The van der Waals surface area contributed by atoms with Gasteiger partial charge in [-0.1, -0.05) is 0 Å². The molecule has 0 aliphatic carbocycles. The number of amides is 1. The average molecular weight is 279 g/mol. The predicted molar refractivity (Wildman–Crippen MR) is 78.1 cm³/mol. The lowest BCUT2D eigenvalue weighted by Gasteiger charge is -2.42. The van der Waals surface area contributed by atoms with Gasteiger partial charge in [0.15, 0.2) is 0 Å². The summed E-state index contributed by atoms with van der Waals surface area (Å²) in [7, 11) is 2.04. The van der Waals surface area contributed by atoms with E-state index in [-0.39, 0.29) is 23.6 Å². The van der Waals surface area contributed by atoms with Gasteiger partial charge in [-0.3, -0.25) is 9.69 Å². The molecule has 0 radical (unpaired) electrons. The van der Waals surface area contributed by atoms with Crippen molar-refractivity contribution in [3.63, 3.8) is 0 Å². The van der Waals surface area contributed by atoms with Crippen LogP contribution in [0.25, 0.3) is 0 Å². The van der Waals surface area contributed by atoms with Crippen molar-refractivity contribution in [1.29, 1.82) is 0 Å². The van der Waals surface area contributed by atoms with Crippen molar-refractivity contribution in [2.24, 2.45) is 0 Å². The van der Waals surface area contributed by atoms with Gasteiger partial charge >= 0.3 is 0 Å². The molecule has 2 unspecified atom stereocenters. The number of nitrogens with two attached hydrogens (primary N) is 1. The van der Waals surface area contributed by atoms with Crippen LogP contribution in [-0.4, -0.2) is 47.9 Å². The van der Waals surface area contributed by atoms with Crippen LogP contribution < -0.4 is 5.73 Å². The number of aryl methyl sites for hydroxylation is 1. The molecule has 110 valence electrons. The molecule has 1 aliphatic heterocycles. The number of nitrogens with zero attached hydrogens (tertiary/aromatic N) is 2. The van der Waals surface area contributed by atoms with Crippen molar-refractivity contribution in [3.05, 3.63) is 29.1 Å². The third-order valence-electron chi connectivity index (χ3n) is 4.15. The lowest BCUT2D eigenvalue weighted by Crippen LogP contribution is -2.56. The van der Waals surface area contributed by atoms with Crippen LogP contribution in [0.1, 0.15) is 29.8 Å². The maximum absolute atomic E-state index is 14.1. The van der Waals surface area contributed by atoms with Crippen LogP contribution in [0, 0.1) is 12.7 Å². The molecule has 1 heterocycles. The van der Waals surface area contributed by atoms with Crippen LogP contribution in [0.4, 0.5) is 10.1 Å². The summed E-state index contributed by atoms with van der Waals surface area (Å²) in [5.41, 5.74) is 6.63. The first-order valence-corrected chi connectivity index (χ1v) is 6.88. The molecule has 1 saturated heterocycles. The van der Waals surface area contributed by atoms with Crippen molar-refractivity contribution in [2.45, 2.75) is 32.9 Å². The second-order valence-corrected chi connectivity index (χ2v) is 5.77. The van der Waals surface area contributed by atoms with Crippen LogP contribution in [0.2, 0.25) is 0 Å². The monoisotopic (exact) mass is 279 g/mol. The minimum atomic E-state index is -0.469. The summed E-state index contributed by atoms with van der Waals surface area (Å²) >= 11 is 0. The molecule has 1 aliphatic rings. The molecular formula is C15H22FN3O. The van der Waals surface area contributed by atoms with E-state index in [1.54, 1.807) is 17.9 Å². The molecule has 1 aromatic carbocycles. The van der Waals surface area contributed by atoms with Crippen LogP contribution in [0.15, 0.2) is 12.1 Å². The van der Waals surface area contributed by atoms with E-state index in [4.69, 9.17) is 5.73 Å². The highest BCUT2D eigenvalue weighted by Crippen LogP contribution is 2.21. The van der Waals surface area contributed by atoms with Gasteiger partial charge in [0.1, 0.15) is 5.82 Å². The summed E-state index contributed by atoms with van der Waals surface area (Å²) in [6.45, 7) is 6.96. The van der Waals surface area contributed by atoms with E-state index < -0.39 is 5.82 Å². The Balaban J connectivity index is 2.28. The number of anilines is 1. The Morgan fingerprint density at radius 1 is 1.30 bits per heavy atom. The molecule has 0 aromatic heterocycles. The van der Waals surface area contributed by atoms with Crippen LogP contribution in [0.3, 0.4) is 0 Å². The minimum absolute atomic E-state index is 0.0754. The summed E-state index contributed by atoms with van der Waals surface area (Å²) in [6.07, 6.45) is 0. The molecule has 4 nitrogen and oxygen atoms in total. The topological polar surface area (TPSA) is 49.6 Å². The Hall–Kier alpha value is -1.62. The number of rotatable bonds is 1. The zero-order chi connectivity index (χ0) is 15.0. The normalized spacial score (nSPS) is 23.9. The van der Waals surface area contributed by atoms with Crippen LogP contribution >= 0.6 is 0 Å². The summed E-state index contributed by atoms with van der Waals surface area (Å²) < 4.78 is 14.1. The van der Waals surface area contributed by atoms with Crippen molar-refractivity contribution in [2.75, 3.05) is 25.9 Å². The van der Waals surface area contributed by atoms with Gasteiger partial charge in [0.05, 0.1) is 5.56 Å². The number of hydrogen-bond donors (Lipinski definition) is 1. The molecule has 0 bridgehead atoms.